The lowest BCUT2D eigenvalue weighted by atomic mass is 9.99. The highest BCUT2D eigenvalue weighted by Gasteiger charge is 2.23. The zero-order chi connectivity index (χ0) is 15.4. The van der Waals surface area contributed by atoms with Crippen LogP contribution in [0.5, 0.6) is 5.75 Å². The van der Waals surface area contributed by atoms with Gasteiger partial charge in [0.2, 0.25) is 5.43 Å². The third-order valence-electron chi connectivity index (χ3n) is 4.62. The maximum absolute atomic E-state index is 11.9. The van der Waals surface area contributed by atoms with Crippen LogP contribution in [0.25, 0.3) is 0 Å². The van der Waals surface area contributed by atoms with E-state index in [-0.39, 0.29) is 11.2 Å². The molecule has 1 fully saturated rings. The molecule has 0 saturated carbocycles. The van der Waals surface area contributed by atoms with Crippen molar-refractivity contribution < 1.29 is 5.11 Å². The van der Waals surface area contributed by atoms with E-state index >= 15 is 0 Å². The molecule has 1 atom stereocenters. The number of aryl methyl sites for hydroxylation is 1. The second-order valence-corrected chi connectivity index (χ2v) is 6.13. The lowest BCUT2D eigenvalue weighted by Gasteiger charge is -2.36. The fraction of sp³-hybridized carbons (Fsp3) is 0.706. The van der Waals surface area contributed by atoms with E-state index in [0.717, 1.165) is 37.3 Å². The predicted molar refractivity (Wildman–Crippen MR) is 85.7 cm³/mol. The second kappa shape index (κ2) is 7.12. The normalized spacial score (nSPS) is 19.9. The summed E-state index contributed by atoms with van der Waals surface area (Å²) in [5.74, 6) is -0.0607. The summed E-state index contributed by atoms with van der Waals surface area (Å²) >= 11 is 0. The molecule has 0 aromatic carbocycles. The quantitative estimate of drug-likeness (QED) is 0.907. The molecular formula is C17H28N2O2. The Morgan fingerprint density at radius 2 is 2.10 bits per heavy atom. The zero-order valence-electron chi connectivity index (χ0n) is 13.6. The molecular weight excluding hydrogens is 264 g/mol. The van der Waals surface area contributed by atoms with Gasteiger partial charge in [-0.15, -0.1) is 0 Å². The Morgan fingerprint density at radius 3 is 2.76 bits per heavy atom. The Bertz CT molecular complexity index is 536. The van der Waals surface area contributed by atoms with Crippen LogP contribution >= 0.6 is 0 Å². The van der Waals surface area contributed by atoms with Crippen LogP contribution < -0.4 is 5.43 Å². The highest BCUT2D eigenvalue weighted by molar-refractivity contribution is 5.30. The van der Waals surface area contributed by atoms with E-state index in [9.17, 15) is 9.90 Å². The Kier molecular flexibility index (Phi) is 5.45. The van der Waals surface area contributed by atoms with Gasteiger partial charge in [0, 0.05) is 30.9 Å². The Hall–Kier alpha value is -1.29. The molecule has 1 aliphatic heterocycles. The van der Waals surface area contributed by atoms with E-state index in [4.69, 9.17) is 0 Å². The summed E-state index contributed by atoms with van der Waals surface area (Å²) in [6, 6.07) is 2.12. The molecule has 1 aliphatic rings. The third kappa shape index (κ3) is 3.49. The molecule has 1 unspecified atom stereocenters. The molecule has 1 N–H and O–H groups in total. The van der Waals surface area contributed by atoms with Gasteiger partial charge in [-0.1, -0.05) is 20.3 Å². The first-order chi connectivity index (χ1) is 10.1. The van der Waals surface area contributed by atoms with Crippen molar-refractivity contribution in [3.8, 4) is 5.75 Å². The van der Waals surface area contributed by atoms with E-state index in [1.807, 2.05) is 6.92 Å². The molecule has 0 spiro atoms. The maximum Gasteiger partial charge on any atom is 0.223 e. The molecule has 1 saturated heterocycles. The van der Waals surface area contributed by atoms with Crippen LogP contribution in [0, 0.1) is 6.92 Å². The van der Waals surface area contributed by atoms with Gasteiger partial charge in [0.15, 0.2) is 5.75 Å². The second-order valence-electron chi connectivity index (χ2n) is 6.13. The molecule has 4 heteroatoms. The van der Waals surface area contributed by atoms with Crippen LogP contribution in [0.3, 0.4) is 0 Å². The average Bonchev–Trinajstić information content (AvgIpc) is 2.48. The minimum Gasteiger partial charge on any atom is -0.503 e. The molecule has 21 heavy (non-hydrogen) atoms. The van der Waals surface area contributed by atoms with Gasteiger partial charge < -0.3 is 9.67 Å². The van der Waals surface area contributed by atoms with Crippen molar-refractivity contribution in [2.45, 2.75) is 72.0 Å². The van der Waals surface area contributed by atoms with Gasteiger partial charge in [0.1, 0.15) is 0 Å². The number of rotatable bonds is 5. The molecule has 2 rings (SSSR count). The van der Waals surface area contributed by atoms with Crippen LogP contribution in [-0.2, 0) is 13.1 Å². The number of aromatic nitrogens is 1. The van der Waals surface area contributed by atoms with Crippen molar-refractivity contribution in [1.82, 2.24) is 9.47 Å². The largest absolute Gasteiger partial charge is 0.503 e. The first-order valence-corrected chi connectivity index (χ1v) is 8.24. The van der Waals surface area contributed by atoms with E-state index in [1.165, 1.54) is 19.3 Å². The van der Waals surface area contributed by atoms with Crippen molar-refractivity contribution in [2.24, 2.45) is 0 Å². The van der Waals surface area contributed by atoms with E-state index in [1.54, 1.807) is 6.07 Å². The molecule has 1 aromatic rings. The standard InChI is InChI=1S/C17H28N2O2/c1-4-9-19-13(3)11-16(20)17(21)15(19)12-18-10-7-6-8-14(18)5-2/h11,14,21H,4-10,12H2,1-3H3. The lowest BCUT2D eigenvalue weighted by Crippen LogP contribution is -2.39. The highest BCUT2D eigenvalue weighted by Crippen LogP contribution is 2.24. The van der Waals surface area contributed by atoms with Crippen molar-refractivity contribution in [1.29, 1.82) is 0 Å². The number of nitrogens with zero attached hydrogens (tertiary/aromatic N) is 2. The summed E-state index contributed by atoms with van der Waals surface area (Å²) < 4.78 is 2.11. The number of aromatic hydroxyl groups is 1. The van der Waals surface area contributed by atoms with E-state index in [0.29, 0.717) is 12.6 Å². The molecule has 1 aromatic heterocycles. The Balaban J connectivity index is 2.35. The van der Waals surface area contributed by atoms with E-state index < -0.39 is 0 Å². The molecule has 4 nitrogen and oxygen atoms in total. The minimum atomic E-state index is -0.250. The zero-order valence-corrected chi connectivity index (χ0v) is 13.6. The SMILES string of the molecule is CCCn1c(C)cc(=O)c(O)c1CN1CCCCC1CC. The molecule has 2 heterocycles. The van der Waals surface area contributed by atoms with Crippen molar-refractivity contribution in [3.63, 3.8) is 0 Å². The van der Waals surface area contributed by atoms with E-state index in [2.05, 4.69) is 23.3 Å². The molecule has 0 aliphatic carbocycles. The van der Waals surface area contributed by atoms with Crippen molar-refractivity contribution in [3.05, 3.63) is 27.7 Å². The fourth-order valence-corrected chi connectivity index (χ4v) is 3.44. The summed E-state index contributed by atoms with van der Waals surface area (Å²) in [4.78, 5) is 14.4. The van der Waals surface area contributed by atoms with Gasteiger partial charge in [-0.2, -0.15) is 0 Å². The first kappa shape index (κ1) is 16.1. The van der Waals surface area contributed by atoms with Crippen molar-refractivity contribution >= 4 is 0 Å². The van der Waals surface area contributed by atoms with Crippen LogP contribution in [0.4, 0.5) is 0 Å². The first-order valence-electron chi connectivity index (χ1n) is 8.24. The average molecular weight is 292 g/mol. The van der Waals surface area contributed by atoms with Crippen LogP contribution in [0.1, 0.15) is 57.3 Å². The van der Waals surface area contributed by atoms with Gasteiger partial charge in [0.25, 0.3) is 0 Å². The third-order valence-corrected chi connectivity index (χ3v) is 4.62. The highest BCUT2D eigenvalue weighted by atomic mass is 16.3. The van der Waals surface area contributed by atoms with Gasteiger partial charge in [-0.25, -0.2) is 0 Å². The Morgan fingerprint density at radius 1 is 1.33 bits per heavy atom. The summed E-state index contributed by atoms with van der Waals surface area (Å²) in [7, 11) is 0. The number of hydrogen-bond acceptors (Lipinski definition) is 3. The lowest BCUT2D eigenvalue weighted by molar-refractivity contribution is 0.131. The van der Waals surface area contributed by atoms with Crippen LogP contribution in [0.2, 0.25) is 0 Å². The number of likely N-dealkylation sites (tertiary alicyclic amines) is 1. The maximum atomic E-state index is 11.9. The number of hydrogen-bond donors (Lipinski definition) is 1. The molecule has 118 valence electrons. The smallest absolute Gasteiger partial charge is 0.223 e. The van der Waals surface area contributed by atoms with Gasteiger partial charge in [-0.3, -0.25) is 9.69 Å². The fourth-order valence-electron chi connectivity index (χ4n) is 3.44. The predicted octanol–water partition coefficient (Wildman–Crippen LogP) is 3.04. The molecule has 0 bridgehead atoms. The topological polar surface area (TPSA) is 45.5 Å². The summed E-state index contributed by atoms with van der Waals surface area (Å²) in [5.41, 5.74) is 1.49. The Labute approximate surface area is 127 Å². The molecule has 0 amide bonds. The van der Waals surface area contributed by atoms with Crippen LogP contribution in [-0.4, -0.2) is 27.2 Å². The van der Waals surface area contributed by atoms with Crippen molar-refractivity contribution in [2.75, 3.05) is 6.54 Å². The monoisotopic (exact) mass is 292 g/mol. The van der Waals surface area contributed by atoms with Gasteiger partial charge in [-0.05, 0) is 39.2 Å². The summed E-state index contributed by atoms with van der Waals surface area (Å²) in [6.07, 6.45) is 5.84. The van der Waals surface area contributed by atoms with Gasteiger partial charge >= 0.3 is 0 Å². The summed E-state index contributed by atoms with van der Waals surface area (Å²) in [6.45, 7) is 8.88. The minimum absolute atomic E-state index is 0.0607. The summed E-state index contributed by atoms with van der Waals surface area (Å²) in [5, 5.41) is 10.3. The van der Waals surface area contributed by atoms with Gasteiger partial charge in [0.05, 0.1) is 5.69 Å². The van der Waals surface area contributed by atoms with Crippen LogP contribution in [0.15, 0.2) is 10.9 Å². The number of pyridine rings is 1. The number of piperidine rings is 1. The molecule has 0 radical (unpaired) electrons.